The van der Waals surface area contributed by atoms with Crippen molar-refractivity contribution in [3.8, 4) is 0 Å². The second kappa shape index (κ2) is 4.33. The van der Waals surface area contributed by atoms with E-state index in [0.717, 1.165) is 31.3 Å². The molecule has 1 aliphatic rings. The molecule has 0 saturated carbocycles. The SMILES string of the molecule is c1cnc(CC2CCNCC2)nc1. The minimum absolute atomic E-state index is 0.781. The molecular formula is C10H15N3. The van der Waals surface area contributed by atoms with Gasteiger partial charge in [0.1, 0.15) is 5.82 Å². The van der Waals surface area contributed by atoms with Gasteiger partial charge in [0, 0.05) is 18.8 Å². The maximum Gasteiger partial charge on any atom is 0.128 e. The van der Waals surface area contributed by atoms with Gasteiger partial charge in [0.05, 0.1) is 0 Å². The molecule has 1 aromatic heterocycles. The summed E-state index contributed by atoms with van der Waals surface area (Å²) in [5.74, 6) is 1.78. The summed E-state index contributed by atoms with van der Waals surface area (Å²) >= 11 is 0. The van der Waals surface area contributed by atoms with Crippen LogP contribution in [0.2, 0.25) is 0 Å². The van der Waals surface area contributed by atoms with E-state index in [1.54, 1.807) is 0 Å². The molecule has 0 atom stereocenters. The molecule has 0 amide bonds. The molecule has 1 saturated heterocycles. The third kappa shape index (κ3) is 2.49. The highest BCUT2D eigenvalue weighted by Gasteiger charge is 2.14. The second-order valence-corrected chi connectivity index (χ2v) is 3.56. The van der Waals surface area contributed by atoms with Crippen LogP contribution in [0.5, 0.6) is 0 Å². The quantitative estimate of drug-likeness (QED) is 0.733. The molecular weight excluding hydrogens is 162 g/mol. The summed E-state index contributed by atoms with van der Waals surface area (Å²) in [5.41, 5.74) is 0. The first-order chi connectivity index (χ1) is 6.45. The summed E-state index contributed by atoms with van der Waals surface area (Å²) in [4.78, 5) is 8.48. The zero-order valence-electron chi connectivity index (χ0n) is 7.74. The highest BCUT2D eigenvalue weighted by atomic mass is 14.9. The van der Waals surface area contributed by atoms with Crippen molar-refractivity contribution in [1.29, 1.82) is 0 Å². The van der Waals surface area contributed by atoms with Gasteiger partial charge in [-0.25, -0.2) is 9.97 Å². The van der Waals surface area contributed by atoms with Crippen molar-refractivity contribution in [2.45, 2.75) is 19.3 Å². The largest absolute Gasteiger partial charge is 0.317 e. The third-order valence-corrected chi connectivity index (χ3v) is 2.55. The highest BCUT2D eigenvalue weighted by molar-refractivity contribution is 4.90. The van der Waals surface area contributed by atoms with E-state index in [4.69, 9.17) is 0 Å². The number of aromatic nitrogens is 2. The fourth-order valence-corrected chi connectivity index (χ4v) is 1.78. The van der Waals surface area contributed by atoms with Gasteiger partial charge in [0.2, 0.25) is 0 Å². The zero-order chi connectivity index (χ0) is 8.93. The average Bonchev–Trinajstić information content (AvgIpc) is 2.21. The first-order valence-electron chi connectivity index (χ1n) is 4.92. The van der Waals surface area contributed by atoms with Crippen LogP contribution < -0.4 is 5.32 Å². The molecule has 0 aromatic carbocycles. The molecule has 13 heavy (non-hydrogen) atoms. The van der Waals surface area contributed by atoms with Gasteiger partial charge in [-0.05, 0) is 37.9 Å². The molecule has 70 valence electrons. The summed E-state index contributed by atoms with van der Waals surface area (Å²) < 4.78 is 0. The van der Waals surface area contributed by atoms with Gasteiger partial charge in [0.15, 0.2) is 0 Å². The van der Waals surface area contributed by atoms with E-state index in [1.165, 1.54) is 12.8 Å². The lowest BCUT2D eigenvalue weighted by Crippen LogP contribution is -2.29. The van der Waals surface area contributed by atoms with Crippen LogP contribution in [0.3, 0.4) is 0 Å². The maximum absolute atomic E-state index is 4.24. The van der Waals surface area contributed by atoms with Crippen LogP contribution >= 0.6 is 0 Å². The van der Waals surface area contributed by atoms with Crippen LogP contribution in [0.25, 0.3) is 0 Å². The molecule has 0 radical (unpaired) electrons. The summed E-state index contributed by atoms with van der Waals surface area (Å²) in [7, 11) is 0. The first kappa shape index (κ1) is 8.63. The Labute approximate surface area is 78.6 Å². The smallest absolute Gasteiger partial charge is 0.128 e. The molecule has 0 unspecified atom stereocenters. The molecule has 1 aliphatic heterocycles. The predicted octanol–water partition coefficient (Wildman–Crippen LogP) is 1.02. The molecule has 2 rings (SSSR count). The molecule has 3 nitrogen and oxygen atoms in total. The van der Waals surface area contributed by atoms with Crippen LogP contribution in [0.4, 0.5) is 0 Å². The molecule has 0 spiro atoms. The van der Waals surface area contributed by atoms with Gasteiger partial charge in [-0.3, -0.25) is 0 Å². The summed E-state index contributed by atoms with van der Waals surface area (Å²) in [5, 5.41) is 3.36. The molecule has 0 bridgehead atoms. The number of hydrogen-bond donors (Lipinski definition) is 1. The van der Waals surface area contributed by atoms with Gasteiger partial charge in [-0.1, -0.05) is 0 Å². The maximum atomic E-state index is 4.24. The van der Waals surface area contributed by atoms with E-state index >= 15 is 0 Å². The van der Waals surface area contributed by atoms with Gasteiger partial charge < -0.3 is 5.32 Å². The summed E-state index contributed by atoms with van der Waals surface area (Å²) in [6.07, 6.45) is 7.21. The van der Waals surface area contributed by atoms with E-state index in [2.05, 4.69) is 15.3 Å². The lowest BCUT2D eigenvalue weighted by molar-refractivity contribution is 0.367. The van der Waals surface area contributed by atoms with Crippen LogP contribution in [0.1, 0.15) is 18.7 Å². The van der Waals surface area contributed by atoms with E-state index in [1.807, 2.05) is 18.5 Å². The number of hydrogen-bond acceptors (Lipinski definition) is 3. The van der Waals surface area contributed by atoms with Crippen molar-refractivity contribution < 1.29 is 0 Å². The van der Waals surface area contributed by atoms with Crippen LogP contribution in [0, 0.1) is 5.92 Å². The van der Waals surface area contributed by atoms with E-state index in [-0.39, 0.29) is 0 Å². The Kier molecular flexibility index (Phi) is 2.87. The van der Waals surface area contributed by atoms with Crippen molar-refractivity contribution in [2.75, 3.05) is 13.1 Å². The lowest BCUT2D eigenvalue weighted by Gasteiger charge is -2.21. The molecule has 1 fully saturated rings. The molecule has 3 heteroatoms. The Bertz CT molecular complexity index is 242. The fraction of sp³-hybridized carbons (Fsp3) is 0.600. The standard InChI is InChI=1S/C10H15N3/c1-4-12-10(13-5-1)8-9-2-6-11-7-3-9/h1,4-5,9,11H,2-3,6-8H2. The molecule has 1 aromatic rings. The number of rotatable bonds is 2. The number of piperidine rings is 1. The van der Waals surface area contributed by atoms with E-state index in [9.17, 15) is 0 Å². The van der Waals surface area contributed by atoms with E-state index < -0.39 is 0 Å². The first-order valence-corrected chi connectivity index (χ1v) is 4.92. The minimum Gasteiger partial charge on any atom is -0.317 e. The van der Waals surface area contributed by atoms with Crippen molar-refractivity contribution in [3.05, 3.63) is 24.3 Å². The Morgan fingerprint density at radius 2 is 1.92 bits per heavy atom. The topological polar surface area (TPSA) is 37.8 Å². The fourth-order valence-electron chi connectivity index (χ4n) is 1.78. The predicted molar refractivity (Wildman–Crippen MR) is 51.3 cm³/mol. The average molecular weight is 177 g/mol. The van der Waals surface area contributed by atoms with Crippen LogP contribution in [0.15, 0.2) is 18.5 Å². The lowest BCUT2D eigenvalue weighted by atomic mass is 9.94. The molecule has 2 heterocycles. The van der Waals surface area contributed by atoms with Crippen molar-refractivity contribution in [1.82, 2.24) is 15.3 Å². The van der Waals surface area contributed by atoms with Crippen LogP contribution in [-0.4, -0.2) is 23.1 Å². The van der Waals surface area contributed by atoms with Gasteiger partial charge >= 0.3 is 0 Å². The normalized spacial score (nSPS) is 18.8. The Balaban J connectivity index is 1.90. The van der Waals surface area contributed by atoms with Crippen molar-refractivity contribution >= 4 is 0 Å². The van der Waals surface area contributed by atoms with Gasteiger partial charge in [0.25, 0.3) is 0 Å². The highest BCUT2D eigenvalue weighted by Crippen LogP contribution is 2.15. The number of nitrogens with zero attached hydrogens (tertiary/aromatic N) is 2. The second-order valence-electron chi connectivity index (χ2n) is 3.56. The zero-order valence-corrected chi connectivity index (χ0v) is 7.74. The molecule has 1 N–H and O–H groups in total. The van der Waals surface area contributed by atoms with Gasteiger partial charge in [-0.2, -0.15) is 0 Å². The van der Waals surface area contributed by atoms with Gasteiger partial charge in [-0.15, -0.1) is 0 Å². The Morgan fingerprint density at radius 1 is 1.23 bits per heavy atom. The van der Waals surface area contributed by atoms with Crippen molar-refractivity contribution in [3.63, 3.8) is 0 Å². The Hall–Kier alpha value is -0.960. The minimum atomic E-state index is 0.781. The Morgan fingerprint density at radius 3 is 2.62 bits per heavy atom. The monoisotopic (exact) mass is 177 g/mol. The summed E-state index contributed by atoms with van der Waals surface area (Å²) in [6, 6.07) is 1.87. The summed E-state index contributed by atoms with van der Waals surface area (Å²) in [6.45, 7) is 2.30. The number of nitrogens with one attached hydrogen (secondary N) is 1. The van der Waals surface area contributed by atoms with E-state index in [0.29, 0.717) is 0 Å². The van der Waals surface area contributed by atoms with Crippen molar-refractivity contribution in [2.24, 2.45) is 5.92 Å². The third-order valence-electron chi connectivity index (χ3n) is 2.55. The molecule has 0 aliphatic carbocycles. The van der Waals surface area contributed by atoms with Crippen LogP contribution in [-0.2, 0) is 6.42 Å².